The number of likely N-dealkylation sites (N-methyl/N-ethyl adjacent to an activating group) is 2. The molecule has 0 aliphatic carbocycles. The molecule has 63 heavy (non-hydrogen) atoms. The Kier molecular flexibility index (Phi) is 12.5. The molecule has 0 radical (unpaired) electrons. The number of esters is 2. The molecule has 0 saturated heterocycles. The zero-order valence-electron chi connectivity index (χ0n) is 36.5. The lowest BCUT2D eigenvalue weighted by molar-refractivity contribution is 0.00815. The topological polar surface area (TPSA) is 195 Å². The molecule has 0 saturated carbocycles. The molecule has 0 aromatic heterocycles. The summed E-state index contributed by atoms with van der Waals surface area (Å²) in [6.07, 6.45) is 0.395. The zero-order valence-corrected chi connectivity index (χ0v) is 36.5. The highest BCUT2D eigenvalue weighted by Crippen LogP contribution is 2.54. The van der Waals surface area contributed by atoms with Crippen molar-refractivity contribution in [3.05, 3.63) is 103 Å². The first-order chi connectivity index (χ1) is 30.6. The number of rotatable bonds is 8. The number of aliphatic hydroxyl groups is 4. The summed E-state index contributed by atoms with van der Waals surface area (Å²) in [7, 11) is 6.96. The normalized spacial score (nSPS) is 21.2. The fraction of sp³-hybridized carbons (Fsp3) is 0.447. The van der Waals surface area contributed by atoms with Gasteiger partial charge in [0, 0.05) is 46.5 Å². The van der Waals surface area contributed by atoms with Crippen LogP contribution in [0.25, 0.3) is 0 Å². The van der Waals surface area contributed by atoms with Gasteiger partial charge in [-0.3, -0.25) is 9.80 Å². The maximum atomic E-state index is 12.9. The van der Waals surface area contributed by atoms with E-state index in [2.05, 4.69) is 9.80 Å². The van der Waals surface area contributed by atoms with Crippen LogP contribution >= 0.6 is 0 Å². The Bertz CT molecular complexity index is 2450. The molecule has 4 aromatic carbocycles. The van der Waals surface area contributed by atoms with Crippen LogP contribution in [-0.2, 0) is 48.7 Å². The standard InChI is InChI=1S/C23H25NO7.C22H23NO7.C2H6/c1-11-12-6-7-24(2)19(17(12)15(9-26)22-20(11)29-10-30-22)21-13-4-5-16(28-3)14(8-25)18(13)23(27)31-21;1-23-6-5-11-7-16-20(29-10-28-16)14(9-25)17(11)19(23)21-12-3-4-15(27-2)13(8-24)18(12)22(26)30-21;1-2/h4-5,19,21,25-26H,6-10H2,1-3H3;3-4,7,19,21,24-25H,5-6,8-10H2,1-2H3;1-2H3/t2*19-,21+;/m11./s1. The molecule has 16 nitrogen and oxygen atoms in total. The lowest BCUT2D eigenvalue weighted by atomic mass is 9.81. The van der Waals surface area contributed by atoms with Crippen molar-refractivity contribution >= 4 is 11.9 Å². The van der Waals surface area contributed by atoms with Gasteiger partial charge in [-0.25, -0.2) is 9.59 Å². The van der Waals surface area contributed by atoms with Crippen molar-refractivity contribution in [2.45, 2.75) is 84.3 Å². The lowest BCUT2D eigenvalue weighted by Crippen LogP contribution is -2.37. The van der Waals surface area contributed by atoms with Crippen LogP contribution in [0.2, 0.25) is 0 Å². The molecule has 4 atom stereocenters. The molecule has 4 N–H and O–H groups in total. The van der Waals surface area contributed by atoms with Gasteiger partial charge in [-0.05, 0) is 79.9 Å². The lowest BCUT2D eigenvalue weighted by Gasteiger charge is -2.39. The smallest absolute Gasteiger partial charge is 0.339 e. The van der Waals surface area contributed by atoms with E-state index in [-0.39, 0.29) is 52.1 Å². The van der Waals surface area contributed by atoms with Crippen LogP contribution in [0.3, 0.4) is 0 Å². The fourth-order valence-corrected chi connectivity index (χ4v) is 10.1. The Labute approximate surface area is 365 Å². The number of fused-ring (bicyclic) bond motifs is 6. The molecule has 6 heterocycles. The van der Waals surface area contributed by atoms with Crippen LogP contribution in [-0.4, -0.2) is 97.2 Å². The summed E-state index contributed by atoms with van der Waals surface area (Å²) in [5.41, 5.74) is 9.27. The van der Waals surface area contributed by atoms with Gasteiger partial charge >= 0.3 is 11.9 Å². The molecule has 0 fully saturated rings. The zero-order chi connectivity index (χ0) is 44.9. The van der Waals surface area contributed by atoms with Crippen molar-refractivity contribution in [3.8, 4) is 34.5 Å². The molecule has 16 heteroatoms. The number of carbonyl (C=O) groups is 2. The summed E-state index contributed by atoms with van der Waals surface area (Å²) in [5.74, 6) is 2.37. The van der Waals surface area contributed by atoms with E-state index in [1.165, 1.54) is 14.2 Å². The number of benzene rings is 4. The minimum absolute atomic E-state index is 0.118. The molecule has 336 valence electrons. The van der Waals surface area contributed by atoms with Crippen LogP contribution in [0.4, 0.5) is 0 Å². The highest BCUT2D eigenvalue weighted by atomic mass is 16.7. The summed E-state index contributed by atoms with van der Waals surface area (Å²) in [4.78, 5) is 30.0. The average molecular weight is 871 g/mol. The third-order valence-electron chi connectivity index (χ3n) is 13.0. The molecule has 10 rings (SSSR count). The summed E-state index contributed by atoms with van der Waals surface area (Å²) < 4.78 is 45.0. The van der Waals surface area contributed by atoms with Crippen molar-refractivity contribution in [2.75, 3.05) is 55.0 Å². The predicted molar refractivity (Wildman–Crippen MR) is 225 cm³/mol. The van der Waals surface area contributed by atoms with Gasteiger partial charge in [0.25, 0.3) is 0 Å². The average Bonchev–Trinajstić information content (AvgIpc) is 4.12. The van der Waals surface area contributed by atoms with E-state index in [4.69, 9.17) is 37.9 Å². The molecule has 0 unspecified atom stereocenters. The second kappa shape index (κ2) is 17.9. The van der Waals surface area contributed by atoms with E-state index < -0.39 is 24.1 Å². The maximum Gasteiger partial charge on any atom is 0.339 e. The summed E-state index contributed by atoms with van der Waals surface area (Å²) >= 11 is 0. The van der Waals surface area contributed by atoms with Gasteiger partial charge in [-0.2, -0.15) is 0 Å². The molecule has 0 spiro atoms. The minimum Gasteiger partial charge on any atom is -0.496 e. The van der Waals surface area contributed by atoms with E-state index >= 15 is 0 Å². The van der Waals surface area contributed by atoms with Gasteiger partial charge in [0.2, 0.25) is 13.6 Å². The highest BCUT2D eigenvalue weighted by molar-refractivity contribution is 5.97. The largest absolute Gasteiger partial charge is 0.496 e. The minimum atomic E-state index is -0.590. The third-order valence-corrected chi connectivity index (χ3v) is 13.0. The van der Waals surface area contributed by atoms with Crippen LogP contribution in [0.15, 0.2) is 30.3 Å². The molecular weight excluding hydrogens is 817 g/mol. The second-order valence-corrected chi connectivity index (χ2v) is 15.8. The van der Waals surface area contributed by atoms with Crippen molar-refractivity contribution in [2.24, 2.45) is 0 Å². The number of carbonyl (C=O) groups excluding carboxylic acids is 2. The molecule has 0 bridgehead atoms. The van der Waals surface area contributed by atoms with Crippen molar-refractivity contribution in [1.29, 1.82) is 0 Å². The van der Waals surface area contributed by atoms with E-state index in [9.17, 15) is 30.0 Å². The fourth-order valence-electron chi connectivity index (χ4n) is 10.1. The van der Waals surface area contributed by atoms with Gasteiger partial charge in [0.05, 0.1) is 63.9 Å². The third kappa shape index (κ3) is 7.00. The Hall–Kier alpha value is -5.62. The van der Waals surface area contributed by atoms with E-state index in [0.29, 0.717) is 79.0 Å². The Morgan fingerprint density at radius 2 is 1.11 bits per heavy atom. The first kappa shape index (κ1) is 44.0. The Morgan fingerprint density at radius 3 is 1.65 bits per heavy atom. The molecule has 6 aliphatic rings. The van der Waals surface area contributed by atoms with Crippen LogP contribution in [0.5, 0.6) is 34.5 Å². The number of hydrogen-bond acceptors (Lipinski definition) is 16. The first-order valence-electron chi connectivity index (χ1n) is 21.1. The number of nitrogens with zero attached hydrogens (tertiary/aromatic N) is 2. The number of cyclic esters (lactones) is 2. The number of methoxy groups -OCH3 is 2. The molecular formula is C47H54N2O14. The summed E-state index contributed by atoms with van der Waals surface area (Å²) in [6, 6.07) is 8.47. The van der Waals surface area contributed by atoms with E-state index in [1.54, 1.807) is 12.1 Å². The van der Waals surface area contributed by atoms with Gasteiger partial charge in [0.15, 0.2) is 23.0 Å². The van der Waals surface area contributed by atoms with Crippen LogP contribution in [0.1, 0.15) is 120 Å². The quantitative estimate of drug-likeness (QED) is 0.172. The van der Waals surface area contributed by atoms with Crippen LogP contribution in [0, 0.1) is 6.92 Å². The molecule has 4 aromatic rings. The maximum absolute atomic E-state index is 12.9. The Balaban J connectivity index is 0.000000166. The van der Waals surface area contributed by atoms with Crippen molar-refractivity contribution in [1.82, 2.24) is 9.80 Å². The second-order valence-electron chi connectivity index (χ2n) is 15.8. The Morgan fingerprint density at radius 1 is 0.635 bits per heavy atom. The number of ether oxygens (including phenoxy) is 8. The number of hydrogen-bond donors (Lipinski definition) is 4. The molecule has 0 amide bonds. The highest BCUT2D eigenvalue weighted by Gasteiger charge is 2.47. The van der Waals surface area contributed by atoms with Crippen molar-refractivity contribution < 1.29 is 67.9 Å². The van der Waals surface area contributed by atoms with Crippen molar-refractivity contribution in [3.63, 3.8) is 0 Å². The van der Waals surface area contributed by atoms with Crippen LogP contribution < -0.4 is 28.4 Å². The monoisotopic (exact) mass is 870 g/mol. The molecule has 6 aliphatic heterocycles. The van der Waals surface area contributed by atoms with Gasteiger partial charge < -0.3 is 58.3 Å². The van der Waals surface area contributed by atoms with Gasteiger partial charge in [-0.1, -0.05) is 26.0 Å². The summed E-state index contributed by atoms with van der Waals surface area (Å²) in [5, 5.41) is 40.2. The van der Waals surface area contributed by atoms with Gasteiger partial charge in [0.1, 0.15) is 23.7 Å². The van der Waals surface area contributed by atoms with E-state index in [0.717, 1.165) is 53.7 Å². The summed E-state index contributed by atoms with van der Waals surface area (Å²) in [6.45, 7) is 6.67. The number of aliphatic hydroxyl groups excluding tert-OH is 4. The van der Waals surface area contributed by atoms with E-state index in [1.807, 2.05) is 53.1 Å². The first-order valence-corrected chi connectivity index (χ1v) is 21.1. The SMILES string of the molecule is CC.COc1ccc2c(c1CO)C(=O)O[C@@H]2[C@H]1c2c(c(C)c3c(c2CO)OCO3)CCN1C.COc1ccc2c(c1CO)C(=O)O[C@@H]2[C@H]1c2c(cc3c(c2CO)OCO3)CCN1C. The predicted octanol–water partition coefficient (Wildman–Crippen LogP) is 5.03. The van der Waals surface area contributed by atoms with Gasteiger partial charge in [-0.15, -0.1) is 0 Å².